The molecule has 2 aromatic rings. The second-order valence-electron chi connectivity index (χ2n) is 7.74. The highest BCUT2D eigenvalue weighted by atomic mass is 35.5. The van der Waals surface area contributed by atoms with Crippen LogP contribution in [0.4, 0.5) is 10.5 Å². The van der Waals surface area contributed by atoms with Gasteiger partial charge in [-0.1, -0.05) is 23.7 Å². The van der Waals surface area contributed by atoms with Gasteiger partial charge in [0, 0.05) is 43.0 Å². The van der Waals surface area contributed by atoms with E-state index in [0.29, 0.717) is 30.4 Å². The van der Waals surface area contributed by atoms with Gasteiger partial charge >= 0.3 is 6.03 Å². The maximum Gasteiger partial charge on any atom is 0.321 e. The Hall–Kier alpha value is -2.73. The van der Waals surface area contributed by atoms with E-state index < -0.39 is 0 Å². The van der Waals surface area contributed by atoms with E-state index in [1.807, 2.05) is 37.3 Å². The largest absolute Gasteiger partial charge is 0.496 e. The fourth-order valence-electron chi connectivity index (χ4n) is 3.80. The highest BCUT2D eigenvalue weighted by Gasteiger charge is 2.30. The molecule has 7 heteroatoms. The zero-order valence-electron chi connectivity index (χ0n) is 17.7. The molecule has 1 atom stereocenters. The number of methoxy groups -OCH3 is 1. The Morgan fingerprint density at radius 1 is 1.27 bits per heavy atom. The Morgan fingerprint density at radius 2 is 2.07 bits per heavy atom. The van der Waals surface area contributed by atoms with E-state index in [-0.39, 0.29) is 17.9 Å². The Morgan fingerprint density at radius 3 is 2.80 bits per heavy atom. The third-order valence-corrected chi connectivity index (χ3v) is 5.59. The molecule has 0 aromatic heterocycles. The smallest absolute Gasteiger partial charge is 0.321 e. The molecule has 0 aliphatic carbocycles. The van der Waals surface area contributed by atoms with Crippen molar-refractivity contribution in [1.82, 2.24) is 9.80 Å². The number of anilines is 1. The van der Waals surface area contributed by atoms with Crippen molar-refractivity contribution < 1.29 is 14.3 Å². The van der Waals surface area contributed by atoms with Gasteiger partial charge in [-0.05, 0) is 55.7 Å². The lowest BCUT2D eigenvalue weighted by Gasteiger charge is -2.34. The van der Waals surface area contributed by atoms with Crippen LogP contribution in [0.1, 0.15) is 24.0 Å². The number of nitrogens with zero attached hydrogens (tertiary/aromatic N) is 2. The Kier molecular flexibility index (Phi) is 7.21. The molecule has 1 N–H and O–H groups in total. The fraction of sp³-hybridized carbons (Fsp3) is 0.391. The molecular weight excluding hydrogens is 402 g/mol. The molecule has 1 aliphatic rings. The number of aryl methyl sites for hydroxylation is 1. The van der Waals surface area contributed by atoms with E-state index in [1.165, 1.54) is 0 Å². The number of halogens is 1. The van der Waals surface area contributed by atoms with Crippen molar-refractivity contribution in [2.75, 3.05) is 32.6 Å². The Bertz CT molecular complexity index is 918. The van der Waals surface area contributed by atoms with Crippen molar-refractivity contribution in [2.24, 2.45) is 5.92 Å². The molecule has 1 unspecified atom stereocenters. The topological polar surface area (TPSA) is 61.9 Å². The molecule has 1 fully saturated rings. The van der Waals surface area contributed by atoms with Gasteiger partial charge in [0.2, 0.25) is 5.91 Å². The Balaban J connectivity index is 1.62. The zero-order valence-corrected chi connectivity index (χ0v) is 18.4. The summed E-state index contributed by atoms with van der Waals surface area (Å²) < 4.78 is 5.38. The number of carbonyl (C=O) groups excluding carboxylic acids is 2. The van der Waals surface area contributed by atoms with Crippen LogP contribution in [0.15, 0.2) is 42.5 Å². The van der Waals surface area contributed by atoms with Gasteiger partial charge in [0.25, 0.3) is 0 Å². The van der Waals surface area contributed by atoms with Gasteiger partial charge in [-0.15, -0.1) is 0 Å². The average molecular weight is 430 g/mol. The van der Waals surface area contributed by atoms with Crippen molar-refractivity contribution >= 4 is 29.2 Å². The van der Waals surface area contributed by atoms with E-state index in [2.05, 4.69) is 5.32 Å². The minimum Gasteiger partial charge on any atom is -0.496 e. The number of carbonyl (C=O) groups is 2. The summed E-state index contributed by atoms with van der Waals surface area (Å²) in [7, 11) is 3.37. The number of nitrogens with one attached hydrogen (secondary N) is 1. The van der Waals surface area contributed by atoms with Crippen molar-refractivity contribution in [3.63, 3.8) is 0 Å². The standard InChI is InChI=1S/C23H28ClN3O3/c1-16-6-4-8-20(12-16)25-23(29)27-11-5-7-17(15-27)22(28)26(2)14-18-13-19(24)9-10-21(18)30-3/h4,6,8-10,12-13,17H,5,7,11,14-15H2,1-3H3,(H,25,29). The quantitative estimate of drug-likeness (QED) is 0.757. The SMILES string of the molecule is COc1ccc(Cl)cc1CN(C)C(=O)C1CCCN(C(=O)Nc2cccc(C)c2)C1. The van der Waals surface area contributed by atoms with E-state index in [0.717, 1.165) is 29.7 Å². The predicted molar refractivity (Wildman–Crippen MR) is 119 cm³/mol. The summed E-state index contributed by atoms with van der Waals surface area (Å²) in [6.45, 7) is 3.44. The number of benzene rings is 2. The minimum absolute atomic E-state index is 0.0186. The molecule has 160 valence electrons. The van der Waals surface area contributed by atoms with Crippen LogP contribution in [0.3, 0.4) is 0 Å². The fourth-order valence-corrected chi connectivity index (χ4v) is 4.00. The number of rotatable bonds is 5. The molecule has 6 nitrogen and oxygen atoms in total. The second-order valence-corrected chi connectivity index (χ2v) is 8.17. The first-order valence-electron chi connectivity index (χ1n) is 10.1. The van der Waals surface area contributed by atoms with Crippen LogP contribution in [0.5, 0.6) is 5.75 Å². The van der Waals surface area contributed by atoms with Crippen LogP contribution in [0.25, 0.3) is 0 Å². The first-order chi connectivity index (χ1) is 14.4. The van der Waals surface area contributed by atoms with Crippen molar-refractivity contribution in [3.8, 4) is 5.75 Å². The van der Waals surface area contributed by atoms with Crippen molar-refractivity contribution in [3.05, 3.63) is 58.6 Å². The summed E-state index contributed by atoms with van der Waals surface area (Å²) in [4.78, 5) is 29.1. The first-order valence-corrected chi connectivity index (χ1v) is 10.4. The molecular formula is C23H28ClN3O3. The third-order valence-electron chi connectivity index (χ3n) is 5.35. The normalized spacial score (nSPS) is 16.1. The van der Waals surface area contributed by atoms with Gasteiger partial charge in [-0.25, -0.2) is 4.79 Å². The first kappa shape index (κ1) is 22.0. The summed E-state index contributed by atoms with van der Waals surface area (Å²) in [6.07, 6.45) is 1.57. The summed E-state index contributed by atoms with van der Waals surface area (Å²) in [6, 6.07) is 12.9. The third kappa shape index (κ3) is 5.45. The summed E-state index contributed by atoms with van der Waals surface area (Å²) >= 11 is 6.11. The van der Waals surface area contributed by atoms with Gasteiger partial charge in [0.1, 0.15) is 5.75 Å². The molecule has 3 amide bonds. The van der Waals surface area contributed by atoms with Crippen LogP contribution >= 0.6 is 11.6 Å². The highest BCUT2D eigenvalue weighted by molar-refractivity contribution is 6.30. The number of ether oxygens (including phenoxy) is 1. The lowest BCUT2D eigenvalue weighted by Crippen LogP contribution is -2.47. The predicted octanol–water partition coefficient (Wildman–Crippen LogP) is 4.56. The van der Waals surface area contributed by atoms with Gasteiger partial charge in [-0.2, -0.15) is 0 Å². The number of piperidine rings is 1. The van der Waals surface area contributed by atoms with Crippen molar-refractivity contribution in [2.45, 2.75) is 26.3 Å². The number of hydrogen-bond donors (Lipinski definition) is 1. The van der Waals surface area contributed by atoms with Gasteiger partial charge < -0.3 is 19.9 Å². The number of amides is 3. The molecule has 0 radical (unpaired) electrons. The van der Waals surface area contributed by atoms with Crippen LogP contribution in [0, 0.1) is 12.8 Å². The lowest BCUT2D eigenvalue weighted by molar-refractivity contribution is -0.136. The van der Waals surface area contributed by atoms with Crippen LogP contribution in [0.2, 0.25) is 5.02 Å². The van der Waals surface area contributed by atoms with Gasteiger partial charge in [-0.3, -0.25) is 4.79 Å². The Labute approximate surface area is 182 Å². The maximum atomic E-state index is 13.1. The molecule has 3 rings (SSSR count). The van der Waals surface area contributed by atoms with Crippen molar-refractivity contribution in [1.29, 1.82) is 0 Å². The summed E-state index contributed by atoms with van der Waals surface area (Å²) in [5.41, 5.74) is 2.70. The highest BCUT2D eigenvalue weighted by Crippen LogP contribution is 2.26. The summed E-state index contributed by atoms with van der Waals surface area (Å²) in [5, 5.41) is 3.53. The molecule has 0 spiro atoms. The van der Waals surface area contributed by atoms with E-state index in [4.69, 9.17) is 16.3 Å². The lowest BCUT2D eigenvalue weighted by atomic mass is 9.96. The monoisotopic (exact) mass is 429 g/mol. The molecule has 1 heterocycles. The number of urea groups is 1. The van der Waals surface area contributed by atoms with Gasteiger partial charge in [0.15, 0.2) is 0 Å². The minimum atomic E-state index is -0.225. The van der Waals surface area contributed by atoms with Crippen LogP contribution in [-0.2, 0) is 11.3 Å². The van der Waals surface area contributed by atoms with Gasteiger partial charge in [0.05, 0.1) is 13.0 Å². The number of hydrogen-bond acceptors (Lipinski definition) is 3. The average Bonchev–Trinajstić information content (AvgIpc) is 2.73. The molecule has 0 bridgehead atoms. The summed E-state index contributed by atoms with van der Waals surface area (Å²) in [5.74, 6) is 0.490. The molecule has 1 aliphatic heterocycles. The molecule has 30 heavy (non-hydrogen) atoms. The zero-order chi connectivity index (χ0) is 21.7. The maximum absolute atomic E-state index is 13.1. The van der Waals surface area contributed by atoms with Crippen LogP contribution < -0.4 is 10.1 Å². The molecule has 0 saturated carbocycles. The van der Waals surface area contributed by atoms with Crippen LogP contribution in [-0.4, -0.2) is 49.0 Å². The molecule has 2 aromatic carbocycles. The number of likely N-dealkylation sites (tertiary alicyclic amines) is 1. The second kappa shape index (κ2) is 9.85. The van der Waals surface area contributed by atoms with E-state index >= 15 is 0 Å². The van der Waals surface area contributed by atoms with E-state index in [1.54, 1.807) is 36.1 Å². The molecule has 1 saturated heterocycles. The van der Waals surface area contributed by atoms with E-state index in [9.17, 15) is 9.59 Å².